The molecule has 2 nitrogen and oxygen atoms in total. The topological polar surface area (TPSA) is 21.3 Å². The van der Waals surface area contributed by atoms with Gasteiger partial charge in [0.15, 0.2) is 0 Å². The Balaban J connectivity index is 2.39. The molecule has 0 bridgehead atoms. The second-order valence-electron chi connectivity index (χ2n) is 3.80. The van der Waals surface area contributed by atoms with E-state index in [0.29, 0.717) is 13.2 Å². The summed E-state index contributed by atoms with van der Waals surface area (Å²) in [7, 11) is 0. The van der Waals surface area contributed by atoms with E-state index in [4.69, 9.17) is 4.74 Å². The molecule has 16 heavy (non-hydrogen) atoms. The van der Waals surface area contributed by atoms with E-state index in [2.05, 4.69) is 5.32 Å². The van der Waals surface area contributed by atoms with Crippen LogP contribution < -0.4 is 5.32 Å². The number of hydrogen-bond acceptors (Lipinski definition) is 3. The molecule has 1 heterocycles. The van der Waals surface area contributed by atoms with Crippen molar-refractivity contribution in [1.29, 1.82) is 0 Å². The first-order valence-corrected chi connectivity index (χ1v) is 6.68. The average Bonchev–Trinajstić information content (AvgIpc) is 2.24. The summed E-state index contributed by atoms with van der Waals surface area (Å²) in [5.74, 6) is 1.73. The maximum absolute atomic E-state index is 12.1. The molecule has 1 saturated heterocycles. The summed E-state index contributed by atoms with van der Waals surface area (Å²) >= 11 is 1.74. The van der Waals surface area contributed by atoms with Crippen LogP contribution in [0, 0.1) is 0 Å². The number of likely N-dealkylation sites (N-methyl/N-ethyl adjacent to an activating group) is 1. The van der Waals surface area contributed by atoms with Gasteiger partial charge in [-0.15, -0.1) is 0 Å². The maximum atomic E-state index is 12.1. The van der Waals surface area contributed by atoms with Crippen LogP contribution in [0.1, 0.15) is 19.8 Å². The Kier molecular flexibility index (Phi) is 5.92. The van der Waals surface area contributed by atoms with Crippen molar-refractivity contribution < 1.29 is 17.9 Å². The third kappa shape index (κ3) is 5.41. The van der Waals surface area contributed by atoms with Gasteiger partial charge in [-0.3, -0.25) is 0 Å². The normalized spacial score (nSPS) is 24.4. The highest BCUT2D eigenvalue weighted by atomic mass is 32.2. The molecule has 1 aliphatic heterocycles. The minimum absolute atomic E-state index is 0.0824. The zero-order valence-electron chi connectivity index (χ0n) is 9.35. The van der Waals surface area contributed by atoms with Gasteiger partial charge < -0.3 is 10.1 Å². The third-order valence-electron chi connectivity index (χ3n) is 2.50. The molecular weight excluding hydrogens is 239 g/mol. The fraction of sp³-hybridized carbons (Fsp3) is 1.00. The number of rotatable bonds is 5. The van der Waals surface area contributed by atoms with Crippen molar-refractivity contribution in [2.75, 3.05) is 24.7 Å². The Labute approximate surface area is 98.3 Å². The Hall–Kier alpha value is 0.0600. The van der Waals surface area contributed by atoms with Crippen LogP contribution in [0.2, 0.25) is 0 Å². The van der Waals surface area contributed by atoms with Crippen LogP contribution in [0.25, 0.3) is 0 Å². The van der Waals surface area contributed by atoms with Crippen molar-refractivity contribution in [3.63, 3.8) is 0 Å². The fourth-order valence-corrected chi connectivity index (χ4v) is 2.68. The molecule has 6 heteroatoms. The van der Waals surface area contributed by atoms with Crippen LogP contribution in [0.15, 0.2) is 0 Å². The zero-order valence-corrected chi connectivity index (χ0v) is 10.2. The number of nitrogens with one attached hydrogen (secondary N) is 1. The fourth-order valence-electron chi connectivity index (χ4n) is 1.74. The van der Waals surface area contributed by atoms with Gasteiger partial charge in [-0.25, -0.2) is 0 Å². The molecule has 0 aromatic carbocycles. The lowest BCUT2D eigenvalue weighted by atomic mass is 10.1. The van der Waals surface area contributed by atoms with Crippen molar-refractivity contribution in [3.05, 3.63) is 0 Å². The molecule has 2 unspecified atom stereocenters. The molecule has 1 aliphatic rings. The average molecular weight is 257 g/mol. The van der Waals surface area contributed by atoms with Crippen LogP contribution >= 0.6 is 11.8 Å². The Bertz CT molecular complexity index is 195. The first-order chi connectivity index (χ1) is 7.53. The van der Waals surface area contributed by atoms with E-state index < -0.39 is 12.6 Å². The van der Waals surface area contributed by atoms with Gasteiger partial charge in [-0.1, -0.05) is 6.92 Å². The second kappa shape index (κ2) is 6.71. The van der Waals surface area contributed by atoms with Crippen LogP contribution in [0.4, 0.5) is 13.2 Å². The van der Waals surface area contributed by atoms with Crippen LogP contribution in [-0.4, -0.2) is 43.0 Å². The number of thioether (sulfide) groups is 1. The summed E-state index contributed by atoms with van der Waals surface area (Å²) in [4.78, 5) is 0. The third-order valence-corrected chi connectivity index (χ3v) is 3.52. The lowest BCUT2D eigenvalue weighted by Crippen LogP contribution is -2.45. The largest absolute Gasteiger partial charge is 0.389 e. The molecule has 0 spiro atoms. The van der Waals surface area contributed by atoms with Gasteiger partial charge in [0, 0.05) is 24.0 Å². The highest BCUT2D eigenvalue weighted by Crippen LogP contribution is 2.25. The number of hydrogen-bond donors (Lipinski definition) is 1. The molecule has 1 N–H and O–H groups in total. The summed E-state index contributed by atoms with van der Waals surface area (Å²) in [6, 6.07) is -0.181. The van der Waals surface area contributed by atoms with Crippen LogP contribution in [0.3, 0.4) is 0 Å². The summed E-state index contributed by atoms with van der Waals surface area (Å²) < 4.78 is 42.0. The van der Waals surface area contributed by atoms with E-state index in [9.17, 15) is 13.2 Å². The molecule has 1 rings (SSSR count). The Morgan fingerprint density at radius 2 is 2.25 bits per heavy atom. The molecular formula is C10H18F3NOS. The van der Waals surface area contributed by atoms with Crippen molar-refractivity contribution in [1.82, 2.24) is 5.32 Å². The lowest BCUT2D eigenvalue weighted by Gasteiger charge is -2.31. The first kappa shape index (κ1) is 14.1. The quantitative estimate of drug-likeness (QED) is 0.817. The predicted molar refractivity (Wildman–Crippen MR) is 59.8 cm³/mol. The van der Waals surface area contributed by atoms with E-state index in [1.54, 1.807) is 11.8 Å². The van der Waals surface area contributed by atoms with Crippen LogP contribution in [0.5, 0.6) is 0 Å². The predicted octanol–water partition coefficient (Wildman–Crippen LogP) is 2.44. The standard InChI is InChI=1S/C10H18F3NOS/c1-2-14-8(3-4-10(11,12)13)9-7-16-6-5-15-9/h8-9,14H,2-7H2,1H3. The lowest BCUT2D eigenvalue weighted by molar-refractivity contribution is -0.138. The van der Waals surface area contributed by atoms with Crippen molar-refractivity contribution >= 4 is 11.8 Å². The number of alkyl halides is 3. The highest BCUT2D eigenvalue weighted by Gasteiger charge is 2.31. The van der Waals surface area contributed by atoms with Gasteiger partial charge in [0.05, 0.1) is 12.7 Å². The van der Waals surface area contributed by atoms with Crippen molar-refractivity contribution in [2.24, 2.45) is 0 Å². The Morgan fingerprint density at radius 3 is 2.75 bits per heavy atom. The highest BCUT2D eigenvalue weighted by molar-refractivity contribution is 7.99. The van der Waals surface area contributed by atoms with E-state index in [-0.39, 0.29) is 18.6 Å². The van der Waals surface area contributed by atoms with Gasteiger partial charge in [-0.05, 0) is 13.0 Å². The summed E-state index contributed by atoms with van der Waals surface area (Å²) in [6.07, 6.45) is -4.80. The maximum Gasteiger partial charge on any atom is 0.389 e. The van der Waals surface area contributed by atoms with E-state index in [1.807, 2.05) is 6.92 Å². The minimum Gasteiger partial charge on any atom is -0.375 e. The molecule has 2 atom stereocenters. The van der Waals surface area contributed by atoms with Crippen molar-refractivity contribution in [2.45, 2.75) is 38.1 Å². The second-order valence-corrected chi connectivity index (χ2v) is 4.95. The molecule has 96 valence electrons. The SMILES string of the molecule is CCNC(CCC(F)(F)F)C1CSCCO1. The molecule has 0 aliphatic carbocycles. The van der Waals surface area contributed by atoms with E-state index in [0.717, 1.165) is 11.5 Å². The summed E-state index contributed by atoms with van der Waals surface area (Å²) in [5.41, 5.74) is 0. The number of ether oxygens (including phenoxy) is 1. The van der Waals surface area contributed by atoms with Gasteiger partial charge in [-0.2, -0.15) is 24.9 Å². The smallest absolute Gasteiger partial charge is 0.375 e. The molecule has 0 radical (unpaired) electrons. The molecule has 1 fully saturated rings. The number of halogens is 3. The molecule has 0 amide bonds. The minimum atomic E-state index is -4.07. The van der Waals surface area contributed by atoms with Crippen molar-refractivity contribution in [3.8, 4) is 0 Å². The summed E-state index contributed by atoms with van der Waals surface area (Å²) in [5, 5.41) is 3.09. The van der Waals surface area contributed by atoms with Gasteiger partial charge in [0.2, 0.25) is 0 Å². The first-order valence-electron chi connectivity index (χ1n) is 5.52. The molecule has 0 aromatic rings. The summed E-state index contributed by atoms with van der Waals surface area (Å²) in [6.45, 7) is 3.22. The Morgan fingerprint density at radius 1 is 1.50 bits per heavy atom. The monoisotopic (exact) mass is 257 g/mol. The van der Waals surface area contributed by atoms with Gasteiger partial charge in [0.1, 0.15) is 0 Å². The van der Waals surface area contributed by atoms with E-state index in [1.165, 1.54) is 0 Å². The molecule has 0 saturated carbocycles. The molecule has 0 aromatic heterocycles. The van der Waals surface area contributed by atoms with Crippen LogP contribution in [-0.2, 0) is 4.74 Å². The zero-order chi connectivity index (χ0) is 12.0. The van der Waals surface area contributed by atoms with Gasteiger partial charge >= 0.3 is 6.18 Å². The van der Waals surface area contributed by atoms with Gasteiger partial charge in [0.25, 0.3) is 0 Å². The van der Waals surface area contributed by atoms with E-state index >= 15 is 0 Å².